The van der Waals surface area contributed by atoms with Crippen molar-refractivity contribution in [3.05, 3.63) is 58.5 Å². The summed E-state index contributed by atoms with van der Waals surface area (Å²) >= 11 is 0. The van der Waals surface area contributed by atoms with Crippen LogP contribution in [-0.2, 0) is 20.8 Å². The second-order valence-electron chi connectivity index (χ2n) is 9.79. The Labute approximate surface area is 227 Å². The molecule has 1 aromatic heterocycles. The molecule has 0 aliphatic heterocycles. The van der Waals surface area contributed by atoms with Gasteiger partial charge >= 0.3 is 0 Å². The highest BCUT2D eigenvalue weighted by Crippen LogP contribution is 2.53. The Bertz CT molecular complexity index is 1480. The summed E-state index contributed by atoms with van der Waals surface area (Å²) in [6, 6.07) is 1.27. The standard InChI is InChI=1S/C25H24FN5O7.ClH/c1-31(2)18-11-6-9-5-10-12(26)7-13(30-14-3-4-28-8-29-14)19(32)16(10)20(33)15(9)22(35)25(11,38)23(36)17(21(18)34)24(27)37;/h3-4,7-9,11,18,32-33,36,38H,5-6H2,1-2H3,(H2,27,37)(H,28,29,30);1H/t9-,11-,18-,25-;/m0./s1. The maximum Gasteiger partial charge on any atom is 0.255 e. The number of nitrogens with zero attached hydrogens (tertiary/aromatic N) is 3. The summed E-state index contributed by atoms with van der Waals surface area (Å²) in [6.07, 6.45) is 2.36. The first-order valence-electron chi connectivity index (χ1n) is 11.6. The third kappa shape index (κ3) is 3.92. The van der Waals surface area contributed by atoms with Gasteiger partial charge in [0.05, 0.1) is 17.3 Å². The number of amides is 1. The first-order chi connectivity index (χ1) is 17.9. The molecule has 1 aromatic carbocycles. The SMILES string of the molecule is CN(C)[C@@H]1C(=O)C(C(N)=O)=C(O)[C@@]2(O)C(=O)C3=C(O)c4c(O)c(Nc5ccncn5)cc(F)c4C[C@H]3C[C@@H]12.Cl. The molecular weight excluding hydrogens is 537 g/mol. The lowest BCUT2D eigenvalue weighted by Crippen LogP contribution is -2.65. The number of nitrogens with one attached hydrogen (secondary N) is 1. The summed E-state index contributed by atoms with van der Waals surface area (Å²) < 4.78 is 15.3. The molecule has 1 amide bonds. The third-order valence-electron chi connectivity index (χ3n) is 7.51. The number of anilines is 2. The zero-order valence-electron chi connectivity index (χ0n) is 20.7. The molecule has 3 aliphatic carbocycles. The number of aromatic nitrogens is 2. The van der Waals surface area contributed by atoms with Crippen molar-refractivity contribution in [3.63, 3.8) is 0 Å². The molecule has 4 atom stereocenters. The molecule has 0 unspecified atom stereocenters. The molecule has 5 rings (SSSR count). The Morgan fingerprint density at radius 1 is 1.26 bits per heavy atom. The number of carbonyl (C=O) groups is 3. The number of likely N-dealkylation sites (N-methyl/N-ethyl adjacent to an activating group) is 1. The van der Waals surface area contributed by atoms with Crippen molar-refractivity contribution in [2.75, 3.05) is 19.4 Å². The summed E-state index contributed by atoms with van der Waals surface area (Å²) in [5, 5.41) is 47.4. The number of carbonyl (C=O) groups excluding carboxylic acids is 3. The Kier molecular flexibility index (Phi) is 6.88. The molecule has 0 saturated heterocycles. The van der Waals surface area contributed by atoms with E-state index in [2.05, 4.69) is 15.3 Å². The maximum atomic E-state index is 15.3. The number of aromatic hydroxyl groups is 1. The lowest BCUT2D eigenvalue weighted by atomic mass is 9.57. The van der Waals surface area contributed by atoms with E-state index in [9.17, 15) is 34.8 Å². The van der Waals surface area contributed by atoms with E-state index in [1.165, 1.54) is 37.6 Å². The van der Waals surface area contributed by atoms with E-state index in [4.69, 9.17) is 5.73 Å². The second kappa shape index (κ2) is 9.59. The number of hydrogen-bond acceptors (Lipinski definition) is 11. The normalized spacial score (nSPS) is 26.0. The molecule has 7 N–H and O–H groups in total. The van der Waals surface area contributed by atoms with Gasteiger partial charge in [0.25, 0.3) is 5.91 Å². The predicted molar refractivity (Wildman–Crippen MR) is 137 cm³/mol. The number of benzene rings is 1. The van der Waals surface area contributed by atoms with Gasteiger partial charge in [-0.15, -0.1) is 12.4 Å². The number of aliphatic hydroxyl groups is 3. The highest BCUT2D eigenvalue weighted by atomic mass is 35.5. The van der Waals surface area contributed by atoms with Gasteiger partial charge in [-0.2, -0.15) is 0 Å². The van der Waals surface area contributed by atoms with Gasteiger partial charge in [-0.3, -0.25) is 19.3 Å². The van der Waals surface area contributed by atoms with Crippen molar-refractivity contribution in [3.8, 4) is 5.75 Å². The number of hydrogen-bond donors (Lipinski definition) is 6. The minimum atomic E-state index is -2.77. The van der Waals surface area contributed by atoms with Crippen LogP contribution in [0.5, 0.6) is 5.75 Å². The number of primary amides is 1. The number of nitrogens with two attached hydrogens (primary N) is 1. The van der Waals surface area contributed by atoms with Crippen molar-refractivity contribution in [1.82, 2.24) is 14.9 Å². The zero-order chi connectivity index (χ0) is 27.7. The van der Waals surface area contributed by atoms with Crippen LogP contribution in [0.25, 0.3) is 5.76 Å². The van der Waals surface area contributed by atoms with E-state index in [0.29, 0.717) is 0 Å². The van der Waals surface area contributed by atoms with Crippen molar-refractivity contribution in [2.24, 2.45) is 17.6 Å². The van der Waals surface area contributed by atoms with Crippen molar-refractivity contribution >= 4 is 47.1 Å². The lowest BCUT2D eigenvalue weighted by molar-refractivity contribution is -0.153. The average Bonchev–Trinajstić information content (AvgIpc) is 2.84. The van der Waals surface area contributed by atoms with E-state index >= 15 is 4.39 Å². The number of ketones is 2. The third-order valence-corrected chi connectivity index (χ3v) is 7.51. The van der Waals surface area contributed by atoms with Crippen LogP contribution in [0.1, 0.15) is 17.5 Å². The van der Waals surface area contributed by atoms with Gasteiger partial charge < -0.3 is 31.5 Å². The Morgan fingerprint density at radius 2 is 1.95 bits per heavy atom. The molecule has 0 radical (unpaired) electrons. The zero-order valence-corrected chi connectivity index (χ0v) is 21.5. The topological polar surface area (TPSA) is 199 Å². The van der Waals surface area contributed by atoms with Crippen molar-refractivity contribution in [1.29, 1.82) is 0 Å². The predicted octanol–water partition coefficient (Wildman–Crippen LogP) is 1.06. The molecule has 1 fully saturated rings. The number of aliphatic hydroxyl groups excluding tert-OH is 2. The van der Waals surface area contributed by atoms with E-state index in [-0.39, 0.29) is 53.5 Å². The van der Waals surface area contributed by atoms with Crippen molar-refractivity contribution < 1.29 is 39.2 Å². The largest absolute Gasteiger partial charge is 0.508 e. The van der Waals surface area contributed by atoms with Crippen LogP contribution in [0.2, 0.25) is 0 Å². The Morgan fingerprint density at radius 3 is 2.54 bits per heavy atom. The highest BCUT2D eigenvalue weighted by molar-refractivity contribution is 6.24. The molecule has 3 aliphatic rings. The number of phenols is 1. The molecule has 1 heterocycles. The van der Waals surface area contributed by atoms with E-state index < -0.39 is 69.6 Å². The minimum absolute atomic E-state index is 0. The van der Waals surface area contributed by atoms with E-state index in [0.717, 1.165) is 6.07 Å². The number of Topliss-reactive ketones (excluding diaryl/α,β-unsaturated/α-hetero) is 2. The summed E-state index contributed by atoms with van der Waals surface area (Å²) in [5.41, 5.74) is 0.677. The van der Waals surface area contributed by atoms with Gasteiger partial charge in [0.2, 0.25) is 5.78 Å². The molecule has 14 heteroatoms. The fourth-order valence-corrected chi connectivity index (χ4v) is 5.86. The fourth-order valence-electron chi connectivity index (χ4n) is 5.86. The molecule has 39 heavy (non-hydrogen) atoms. The molecular formula is C25H25ClFN5O7. The van der Waals surface area contributed by atoms with Crippen LogP contribution < -0.4 is 11.1 Å². The highest BCUT2D eigenvalue weighted by Gasteiger charge is 2.64. The Hall–Kier alpha value is -4.07. The van der Waals surface area contributed by atoms with Crippen LogP contribution in [-0.4, -0.2) is 78.5 Å². The molecule has 0 bridgehead atoms. The monoisotopic (exact) mass is 561 g/mol. The quantitative estimate of drug-likeness (QED) is 0.230. The number of rotatable bonds is 4. The molecule has 12 nitrogen and oxygen atoms in total. The maximum absolute atomic E-state index is 15.3. The van der Waals surface area contributed by atoms with Crippen LogP contribution >= 0.6 is 12.4 Å². The van der Waals surface area contributed by atoms with Gasteiger partial charge in [-0.25, -0.2) is 14.4 Å². The summed E-state index contributed by atoms with van der Waals surface area (Å²) in [6.45, 7) is 0. The number of halogens is 2. The van der Waals surface area contributed by atoms with Crippen LogP contribution in [0.3, 0.4) is 0 Å². The van der Waals surface area contributed by atoms with Gasteiger partial charge in [0.15, 0.2) is 17.1 Å². The van der Waals surface area contributed by atoms with Crippen LogP contribution in [0.4, 0.5) is 15.9 Å². The number of phenolic OH excluding ortho intramolecular Hbond substituents is 1. The van der Waals surface area contributed by atoms with Crippen molar-refractivity contribution in [2.45, 2.75) is 24.5 Å². The van der Waals surface area contributed by atoms with Gasteiger partial charge in [-0.05, 0) is 38.9 Å². The first kappa shape index (κ1) is 28.0. The smallest absolute Gasteiger partial charge is 0.255 e. The summed E-state index contributed by atoms with van der Waals surface area (Å²) in [7, 11) is 2.99. The minimum Gasteiger partial charge on any atom is -0.508 e. The fraction of sp³-hybridized carbons (Fsp3) is 0.320. The Balaban J connectivity index is 0.00000353. The van der Waals surface area contributed by atoms with Gasteiger partial charge in [0, 0.05) is 29.3 Å². The summed E-state index contributed by atoms with van der Waals surface area (Å²) in [5.74, 6) is -8.59. The molecule has 2 aromatic rings. The van der Waals surface area contributed by atoms with Gasteiger partial charge in [0.1, 0.15) is 35.1 Å². The van der Waals surface area contributed by atoms with Gasteiger partial charge in [-0.1, -0.05) is 0 Å². The lowest BCUT2D eigenvalue weighted by Gasteiger charge is -2.50. The molecule has 1 saturated carbocycles. The van der Waals surface area contributed by atoms with E-state index in [1.807, 2.05) is 0 Å². The summed E-state index contributed by atoms with van der Waals surface area (Å²) in [4.78, 5) is 48.0. The molecule has 206 valence electrons. The number of fused-ring (bicyclic) bond motifs is 3. The average molecular weight is 562 g/mol. The second-order valence-corrected chi connectivity index (χ2v) is 9.79. The van der Waals surface area contributed by atoms with E-state index in [1.54, 1.807) is 0 Å². The van der Waals surface area contributed by atoms with Crippen LogP contribution in [0, 0.1) is 17.7 Å². The van der Waals surface area contributed by atoms with Crippen LogP contribution in [0.15, 0.2) is 41.6 Å². The molecule has 0 spiro atoms. The first-order valence-corrected chi connectivity index (χ1v) is 11.6.